The van der Waals surface area contributed by atoms with Gasteiger partial charge in [-0.3, -0.25) is 4.79 Å². The number of ether oxygens (including phenoxy) is 1. The first-order chi connectivity index (χ1) is 11.8. The number of benzene rings is 1. The minimum atomic E-state index is -3.77. The third-order valence-electron chi connectivity index (χ3n) is 3.19. The Balaban J connectivity index is 2.12. The van der Waals surface area contributed by atoms with Crippen molar-refractivity contribution < 1.29 is 22.7 Å². The molecule has 0 spiro atoms. The number of esters is 1. The number of hydrogen-bond donors (Lipinski definition) is 1. The molecule has 2 aromatic rings. The number of anilines is 1. The molecule has 0 saturated heterocycles. The van der Waals surface area contributed by atoms with Crippen LogP contribution < -0.4 is 5.32 Å². The summed E-state index contributed by atoms with van der Waals surface area (Å²) in [6.07, 6.45) is 0. The summed E-state index contributed by atoms with van der Waals surface area (Å²) in [5.41, 5.74) is 0.440. The number of likely N-dealkylation sites (N-methyl/N-ethyl adjacent to an activating group) is 1. The first-order valence-corrected chi connectivity index (χ1v) is 9.99. The van der Waals surface area contributed by atoms with Gasteiger partial charge in [-0.05, 0) is 40.2 Å². The van der Waals surface area contributed by atoms with Crippen molar-refractivity contribution in [3.63, 3.8) is 0 Å². The number of methoxy groups -OCH3 is 1. The largest absolute Gasteiger partial charge is 0.465 e. The molecule has 1 N–H and O–H groups in total. The molecule has 10 heteroatoms. The van der Waals surface area contributed by atoms with Crippen LogP contribution in [0, 0.1) is 0 Å². The Morgan fingerprint density at radius 3 is 2.52 bits per heavy atom. The summed E-state index contributed by atoms with van der Waals surface area (Å²) < 4.78 is 31.2. The number of carbonyl (C=O) groups is 2. The van der Waals surface area contributed by atoms with Crippen LogP contribution in [0.15, 0.2) is 44.4 Å². The average molecular weight is 447 g/mol. The molecule has 0 bridgehead atoms. The molecular weight excluding hydrogens is 432 g/mol. The highest BCUT2D eigenvalue weighted by molar-refractivity contribution is 9.11. The Bertz CT molecular complexity index is 895. The van der Waals surface area contributed by atoms with Crippen molar-refractivity contribution >= 4 is 54.9 Å². The van der Waals surface area contributed by atoms with Crippen LogP contribution in [0.3, 0.4) is 0 Å². The highest BCUT2D eigenvalue weighted by Crippen LogP contribution is 2.28. The third kappa shape index (κ3) is 4.66. The van der Waals surface area contributed by atoms with E-state index in [9.17, 15) is 18.0 Å². The quantitative estimate of drug-likeness (QED) is 0.688. The van der Waals surface area contributed by atoms with E-state index in [-0.39, 0.29) is 15.5 Å². The average Bonchev–Trinajstić information content (AvgIpc) is 3.01. The van der Waals surface area contributed by atoms with Crippen LogP contribution in [0.1, 0.15) is 10.4 Å². The molecule has 0 fully saturated rings. The maximum Gasteiger partial charge on any atom is 0.339 e. The molecule has 0 saturated carbocycles. The Hall–Kier alpha value is -1.75. The number of sulfonamides is 1. The monoisotopic (exact) mass is 446 g/mol. The fourth-order valence-electron chi connectivity index (χ4n) is 1.95. The predicted octanol–water partition coefficient (Wildman–Crippen LogP) is 2.56. The minimum Gasteiger partial charge on any atom is -0.465 e. The molecule has 1 amide bonds. The molecule has 0 aliphatic rings. The van der Waals surface area contributed by atoms with Crippen molar-refractivity contribution in [2.45, 2.75) is 4.21 Å². The third-order valence-corrected chi connectivity index (χ3v) is 7.08. The molecule has 134 valence electrons. The lowest BCUT2D eigenvalue weighted by Gasteiger charge is -2.16. The van der Waals surface area contributed by atoms with Gasteiger partial charge in [-0.1, -0.05) is 12.1 Å². The zero-order valence-corrected chi connectivity index (χ0v) is 16.6. The minimum absolute atomic E-state index is 0.129. The Morgan fingerprint density at radius 1 is 1.24 bits per heavy atom. The van der Waals surface area contributed by atoms with E-state index in [1.807, 2.05) is 0 Å². The van der Waals surface area contributed by atoms with E-state index in [1.54, 1.807) is 18.2 Å². The number of carbonyl (C=O) groups excluding carboxylic acids is 2. The highest BCUT2D eigenvalue weighted by atomic mass is 79.9. The Labute approximate surface area is 157 Å². The second kappa shape index (κ2) is 8.09. The van der Waals surface area contributed by atoms with Crippen LogP contribution in [-0.4, -0.2) is 45.3 Å². The molecule has 0 atom stereocenters. The van der Waals surface area contributed by atoms with Crippen LogP contribution in [0.2, 0.25) is 0 Å². The molecule has 25 heavy (non-hydrogen) atoms. The molecule has 2 rings (SSSR count). The van der Waals surface area contributed by atoms with Gasteiger partial charge in [0.15, 0.2) is 0 Å². The van der Waals surface area contributed by atoms with Crippen molar-refractivity contribution in [1.82, 2.24) is 4.31 Å². The summed E-state index contributed by atoms with van der Waals surface area (Å²) >= 11 is 4.27. The number of para-hydroxylation sites is 1. The molecular formula is C15H15BrN2O5S2. The van der Waals surface area contributed by atoms with Crippen LogP contribution in [0.4, 0.5) is 5.69 Å². The number of rotatable bonds is 6. The second-order valence-electron chi connectivity index (χ2n) is 4.90. The molecule has 7 nitrogen and oxygen atoms in total. The van der Waals surface area contributed by atoms with Gasteiger partial charge in [-0.2, -0.15) is 4.31 Å². The molecule has 0 radical (unpaired) electrons. The van der Waals surface area contributed by atoms with Crippen LogP contribution >= 0.6 is 27.3 Å². The van der Waals surface area contributed by atoms with Crippen molar-refractivity contribution in [3.05, 3.63) is 45.7 Å². The van der Waals surface area contributed by atoms with Crippen LogP contribution in [0.5, 0.6) is 0 Å². The van der Waals surface area contributed by atoms with Gasteiger partial charge in [0.1, 0.15) is 4.21 Å². The van der Waals surface area contributed by atoms with E-state index in [0.717, 1.165) is 15.6 Å². The molecule has 0 unspecified atom stereocenters. The van der Waals surface area contributed by atoms with Crippen LogP contribution in [0.25, 0.3) is 0 Å². The number of thiophene rings is 1. The smallest absolute Gasteiger partial charge is 0.339 e. The van der Waals surface area contributed by atoms with Gasteiger partial charge in [0.25, 0.3) is 10.0 Å². The van der Waals surface area contributed by atoms with E-state index < -0.39 is 28.4 Å². The standard InChI is InChI=1S/C15H15BrN2O5S2/c1-18(25(21,22)14-8-7-12(16)24-14)9-13(19)17-11-6-4-3-5-10(11)15(20)23-2/h3-8H,9H2,1-2H3,(H,17,19). The maximum atomic E-state index is 12.4. The zero-order valence-electron chi connectivity index (χ0n) is 13.4. The highest BCUT2D eigenvalue weighted by Gasteiger charge is 2.25. The first-order valence-electron chi connectivity index (χ1n) is 6.94. The van der Waals surface area contributed by atoms with Gasteiger partial charge >= 0.3 is 5.97 Å². The maximum absolute atomic E-state index is 12.4. The lowest BCUT2D eigenvalue weighted by Crippen LogP contribution is -2.34. The summed E-state index contributed by atoms with van der Waals surface area (Å²) in [6.45, 7) is -0.395. The van der Waals surface area contributed by atoms with Gasteiger partial charge in [0, 0.05) is 7.05 Å². The van der Waals surface area contributed by atoms with Gasteiger partial charge in [0.05, 0.1) is 28.7 Å². The second-order valence-corrected chi connectivity index (χ2v) is 9.64. The normalized spacial score (nSPS) is 11.4. The topological polar surface area (TPSA) is 92.8 Å². The molecule has 1 heterocycles. The van der Waals surface area contributed by atoms with E-state index in [1.165, 1.54) is 32.4 Å². The van der Waals surface area contributed by atoms with Crippen LogP contribution in [-0.2, 0) is 19.6 Å². The van der Waals surface area contributed by atoms with Crippen molar-refractivity contribution in [2.24, 2.45) is 0 Å². The van der Waals surface area contributed by atoms with Gasteiger partial charge in [0.2, 0.25) is 5.91 Å². The zero-order chi connectivity index (χ0) is 18.6. The van der Waals surface area contributed by atoms with Crippen molar-refractivity contribution in [3.8, 4) is 0 Å². The summed E-state index contributed by atoms with van der Waals surface area (Å²) in [5, 5.41) is 2.53. The summed E-state index contributed by atoms with van der Waals surface area (Å²) in [5.74, 6) is -1.17. The number of hydrogen-bond acceptors (Lipinski definition) is 6. The molecule has 0 aliphatic heterocycles. The van der Waals surface area contributed by atoms with E-state index in [4.69, 9.17) is 0 Å². The van der Waals surface area contributed by atoms with Crippen molar-refractivity contribution in [2.75, 3.05) is 26.0 Å². The summed E-state index contributed by atoms with van der Waals surface area (Å²) in [6, 6.07) is 9.40. The molecule has 0 aliphatic carbocycles. The fourth-order valence-corrected chi connectivity index (χ4v) is 5.29. The fraction of sp³-hybridized carbons (Fsp3) is 0.200. The van der Waals surface area contributed by atoms with Gasteiger partial charge < -0.3 is 10.1 Å². The lowest BCUT2D eigenvalue weighted by molar-refractivity contribution is -0.116. The lowest BCUT2D eigenvalue weighted by atomic mass is 10.2. The number of amides is 1. The number of halogens is 1. The first kappa shape index (κ1) is 19.6. The Morgan fingerprint density at radius 2 is 1.92 bits per heavy atom. The number of nitrogens with one attached hydrogen (secondary N) is 1. The van der Waals surface area contributed by atoms with E-state index in [0.29, 0.717) is 3.79 Å². The number of nitrogens with zero attached hydrogens (tertiary/aromatic N) is 1. The van der Waals surface area contributed by atoms with E-state index in [2.05, 4.69) is 26.0 Å². The summed E-state index contributed by atoms with van der Waals surface area (Å²) in [7, 11) is -1.22. The van der Waals surface area contributed by atoms with E-state index >= 15 is 0 Å². The van der Waals surface area contributed by atoms with Crippen molar-refractivity contribution in [1.29, 1.82) is 0 Å². The molecule has 1 aromatic heterocycles. The SMILES string of the molecule is COC(=O)c1ccccc1NC(=O)CN(C)S(=O)(=O)c1ccc(Br)s1. The molecule has 1 aromatic carbocycles. The van der Waals surface area contributed by atoms with Gasteiger partial charge in [-0.15, -0.1) is 11.3 Å². The Kier molecular flexibility index (Phi) is 6.33. The summed E-state index contributed by atoms with van der Waals surface area (Å²) in [4.78, 5) is 23.9. The predicted molar refractivity (Wildman–Crippen MR) is 98.2 cm³/mol. The van der Waals surface area contributed by atoms with Gasteiger partial charge in [-0.25, -0.2) is 13.2 Å².